The maximum atomic E-state index is 6.27. The van der Waals surface area contributed by atoms with Gasteiger partial charge in [0.2, 0.25) is 11.8 Å². The van der Waals surface area contributed by atoms with Crippen LogP contribution in [-0.4, -0.2) is 50.1 Å². The highest BCUT2D eigenvalue weighted by atomic mass is 16.5. The summed E-state index contributed by atoms with van der Waals surface area (Å²) >= 11 is 0. The summed E-state index contributed by atoms with van der Waals surface area (Å²) in [6.45, 7) is 1.06. The summed E-state index contributed by atoms with van der Waals surface area (Å²) in [5, 5.41) is 4.23. The van der Waals surface area contributed by atoms with Gasteiger partial charge in [-0.3, -0.25) is 9.25 Å². The fourth-order valence-electron chi connectivity index (χ4n) is 4.16. The fraction of sp³-hybridized carbons (Fsp3) is 0.259. The molecule has 0 unspecified atom stereocenters. The molecule has 2 N–H and O–H groups in total. The second kappa shape index (κ2) is 10.6. The van der Waals surface area contributed by atoms with Gasteiger partial charge in [0.1, 0.15) is 5.52 Å². The Morgan fingerprint density at radius 3 is 2.49 bits per heavy atom. The van der Waals surface area contributed by atoms with Gasteiger partial charge in [-0.25, -0.2) is 15.0 Å². The number of fused-ring (bicyclic) bond motifs is 1. The monoisotopic (exact) mass is 499 g/mol. The highest BCUT2D eigenvalue weighted by molar-refractivity contribution is 5.80. The smallest absolute Gasteiger partial charge is 0.212 e. The van der Waals surface area contributed by atoms with Crippen LogP contribution in [0.5, 0.6) is 17.4 Å². The Balaban J connectivity index is 1.25. The van der Waals surface area contributed by atoms with Crippen molar-refractivity contribution in [2.45, 2.75) is 19.4 Å². The molecule has 0 fully saturated rings. The first-order chi connectivity index (χ1) is 18.0. The third kappa shape index (κ3) is 5.32. The number of hydrogen-bond donors (Lipinski definition) is 1. The van der Waals surface area contributed by atoms with Gasteiger partial charge in [0, 0.05) is 42.8 Å². The standard InChI is InChI=1S/C27H29N7O3/c1-33-17-21(15-31-33)20-12-22-26(30-14-20)34(27(28)32-22)16-19-6-8-23(24(11-19)35-2)37-10-4-5-18-7-9-25(36-3)29-13-18/h6-9,11-15,17H,4-5,10,16H2,1-3H3,(H2,28,32). The SMILES string of the molecule is COc1ccc(CCCOc2ccc(Cn3c(N)nc4cc(-c5cnn(C)c5)cnc43)cc2OC)cn1. The molecule has 37 heavy (non-hydrogen) atoms. The molecule has 0 aliphatic heterocycles. The molecule has 0 saturated heterocycles. The largest absolute Gasteiger partial charge is 0.493 e. The number of methoxy groups -OCH3 is 2. The van der Waals surface area contributed by atoms with Gasteiger partial charge in [-0.15, -0.1) is 0 Å². The van der Waals surface area contributed by atoms with E-state index in [2.05, 4.69) is 20.1 Å². The minimum atomic E-state index is 0.401. The summed E-state index contributed by atoms with van der Waals surface area (Å²) in [6.07, 6.45) is 9.10. The maximum absolute atomic E-state index is 6.27. The van der Waals surface area contributed by atoms with E-state index >= 15 is 0 Å². The van der Waals surface area contributed by atoms with Crippen LogP contribution in [0.25, 0.3) is 22.3 Å². The van der Waals surface area contributed by atoms with E-state index in [0.29, 0.717) is 36.5 Å². The van der Waals surface area contributed by atoms with Crippen molar-refractivity contribution >= 4 is 17.1 Å². The number of benzene rings is 1. The van der Waals surface area contributed by atoms with Crippen LogP contribution in [0.2, 0.25) is 0 Å². The summed E-state index contributed by atoms with van der Waals surface area (Å²) < 4.78 is 20.4. The number of aryl methyl sites for hydroxylation is 2. The summed E-state index contributed by atoms with van der Waals surface area (Å²) in [5.41, 5.74) is 11.8. The molecule has 0 atom stereocenters. The number of rotatable bonds is 10. The van der Waals surface area contributed by atoms with Crippen LogP contribution in [0, 0.1) is 0 Å². The predicted molar refractivity (Wildman–Crippen MR) is 141 cm³/mol. The Labute approximate surface area is 214 Å². The summed E-state index contributed by atoms with van der Waals surface area (Å²) in [5.74, 6) is 2.37. The van der Waals surface area contributed by atoms with E-state index in [-0.39, 0.29) is 0 Å². The van der Waals surface area contributed by atoms with Gasteiger partial charge < -0.3 is 19.9 Å². The highest BCUT2D eigenvalue weighted by Gasteiger charge is 2.14. The van der Waals surface area contributed by atoms with Crippen molar-refractivity contribution in [3.05, 3.63) is 72.3 Å². The zero-order valence-electron chi connectivity index (χ0n) is 21.1. The van der Waals surface area contributed by atoms with Gasteiger partial charge in [0.05, 0.1) is 33.6 Å². The van der Waals surface area contributed by atoms with Crippen molar-refractivity contribution < 1.29 is 14.2 Å². The predicted octanol–water partition coefficient (Wildman–Crippen LogP) is 3.89. The van der Waals surface area contributed by atoms with Crippen LogP contribution in [0.3, 0.4) is 0 Å². The molecule has 5 rings (SSSR count). The molecule has 0 radical (unpaired) electrons. The number of nitrogens with two attached hydrogens (primary N) is 1. The van der Waals surface area contributed by atoms with Crippen molar-refractivity contribution in [1.29, 1.82) is 0 Å². The van der Waals surface area contributed by atoms with Gasteiger partial charge in [0.15, 0.2) is 17.1 Å². The molecule has 4 aromatic heterocycles. The molecular formula is C27H29N7O3. The molecule has 1 aromatic carbocycles. The summed E-state index contributed by atoms with van der Waals surface area (Å²) in [7, 11) is 5.13. The first-order valence-electron chi connectivity index (χ1n) is 11.9. The molecule has 10 nitrogen and oxygen atoms in total. The average Bonchev–Trinajstić information content (AvgIpc) is 3.49. The molecule has 0 saturated carbocycles. The summed E-state index contributed by atoms with van der Waals surface area (Å²) in [6, 6.07) is 11.7. The lowest BCUT2D eigenvalue weighted by atomic mass is 10.1. The lowest BCUT2D eigenvalue weighted by Crippen LogP contribution is -2.06. The quantitative estimate of drug-likeness (QED) is 0.288. The lowest BCUT2D eigenvalue weighted by Gasteiger charge is -2.13. The Morgan fingerprint density at radius 1 is 0.892 bits per heavy atom. The van der Waals surface area contributed by atoms with Gasteiger partial charge in [-0.2, -0.15) is 5.10 Å². The molecule has 10 heteroatoms. The first kappa shape index (κ1) is 24.1. The molecule has 4 heterocycles. The van der Waals surface area contributed by atoms with Crippen LogP contribution in [-0.2, 0) is 20.0 Å². The molecule has 0 aliphatic rings. The normalized spacial score (nSPS) is 11.1. The molecule has 0 bridgehead atoms. The van der Waals surface area contributed by atoms with Gasteiger partial charge in [-0.1, -0.05) is 12.1 Å². The van der Waals surface area contributed by atoms with Crippen LogP contribution in [0.4, 0.5) is 5.95 Å². The zero-order valence-corrected chi connectivity index (χ0v) is 21.1. The van der Waals surface area contributed by atoms with Crippen LogP contribution < -0.4 is 19.9 Å². The molecular weight excluding hydrogens is 470 g/mol. The van der Waals surface area contributed by atoms with E-state index in [1.54, 1.807) is 25.1 Å². The van der Waals surface area contributed by atoms with Gasteiger partial charge in [0.25, 0.3) is 0 Å². The van der Waals surface area contributed by atoms with E-state index in [0.717, 1.165) is 46.3 Å². The maximum Gasteiger partial charge on any atom is 0.212 e. The van der Waals surface area contributed by atoms with Crippen molar-refractivity contribution in [2.24, 2.45) is 7.05 Å². The highest BCUT2D eigenvalue weighted by Crippen LogP contribution is 2.30. The average molecular weight is 500 g/mol. The van der Waals surface area contributed by atoms with E-state index in [1.807, 2.05) is 66.6 Å². The topological polar surface area (TPSA) is 115 Å². The number of nitrogen functional groups attached to an aromatic ring is 1. The van der Waals surface area contributed by atoms with Crippen LogP contribution in [0.1, 0.15) is 17.5 Å². The van der Waals surface area contributed by atoms with Crippen molar-refractivity contribution in [2.75, 3.05) is 26.6 Å². The Hall–Kier alpha value is -4.60. The van der Waals surface area contributed by atoms with Crippen molar-refractivity contribution in [1.82, 2.24) is 29.3 Å². The molecule has 0 aliphatic carbocycles. The Morgan fingerprint density at radius 2 is 1.76 bits per heavy atom. The van der Waals surface area contributed by atoms with Crippen molar-refractivity contribution in [3.8, 4) is 28.5 Å². The van der Waals surface area contributed by atoms with Crippen LogP contribution >= 0.6 is 0 Å². The van der Waals surface area contributed by atoms with E-state index in [4.69, 9.17) is 19.9 Å². The second-order valence-corrected chi connectivity index (χ2v) is 8.67. The zero-order chi connectivity index (χ0) is 25.8. The number of nitrogens with zero attached hydrogens (tertiary/aromatic N) is 6. The van der Waals surface area contributed by atoms with Crippen LogP contribution in [0.15, 0.2) is 61.2 Å². The Bertz CT molecular complexity index is 1510. The van der Waals surface area contributed by atoms with E-state index < -0.39 is 0 Å². The number of pyridine rings is 2. The number of hydrogen-bond acceptors (Lipinski definition) is 8. The molecule has 190 valence electrons. The second-order valence-electron chi connectivity index (χ2n) is 8.67. The number of aromatic nitrogens is 6. The first-order valence-corrected chi connectivity index (χ1v) is 11.9. The molecule has 0 amide bonds. The molecule has 0 spiro atoms. The van der Waals surface area contributed by atoms with Crippen molar-refractivity contribution in [3.63, 3.8) is 0 Å². The third-order valence-corrected chi connectivity index (χ3v) is 6.10. The summed E-state index contributed by atoms with van der Waals surface area (Å²) in [4.78, 5) is 13.4. The van der Waals surface area contributed by atoms with E-state index in [9.17, 15) is 0 Å². The van der Waals surface area contributed by atoms with E-state index in [1.165, 1.54) is 0 Å². The lowest BCUT2D eigenvalue weighted by molar-refractivity contribution is 0.289. The van der Waals surface area contributed by atoms with Gasteiger partial charge in [-0.05, 0) is 42.2 Å². The minimum Gasteiger partial charge on any atom is -0.493 e. The number of ether oxygens (including phenoxy) is 3. The number of anilines is 1. The number of imidazole rings is 1. The molecule has 5 aromatic rings. The minimum absolute atomic E-state index is 0.401. The third-order valence-electron chi connectivity index (χ3n) is 6.10. The Kier molecular flexibility index (Phi) is 6.89. The fourth-order valence-corrected chi connectivity index (χ4v) is 4.16. The van der Waals surface area contributed by atoms with Gasteiger partial charge >= 0.3 is 0 Å².